The van der Waals surface area contributed by atoms with Crippen LogP contribution in [-0.2, 0) is 22.7 Å². The Kier molecular flexibility index (Phi) is 7.87. The molecule has 0 unspecified atom stereocenters. The second kappa shape index (κ2) is 11.6. The van der Waals surface area contributed by atoms with Crippen LogP contribution < -0.4 is 10.1 Å². The van der Waals surface area contributed by atoms with Crippen LogP contribution in [0.5, 0.6) is 5.75 Å². The first-order valence-electron chi connectivity index (χ1n) is 11.2. The lowest BCUT2D eigenvalue weighted by Crippen LogP contribution is -2.44. The van der Waals surface area contributed by atoms with Crippen LogP contribution in [0, 0.1) is 0 Å². The van der Waals surface area contributed by atoms with Crippen LogP contribution in [0.15, 0.2) is 77.7 Å². The number of benzene rings is 1. The van der Waals surface area contributed by atoms with Crippen LogP contribution in [0.4, 0.5) is 4.79 Å². The van der Waals surface area contributed by atoms with Crippen molar-refractivity contribution in [3.8, 4) is 5.75 Å². The number of furan rings is 1. The highest BCUT2D eigenvalue weighted by Crippen LogP contribution is 2.25. The summed E-state index contributed by atoms with van der Waals surface area (Å²) in [6.07, 6.45) is 7.61. The number of imide groups is 1. The van der Waals surface area contributed by atoms with Gasteiger partial charge in [-0.15, -0.1) is 0 Å². The van der Waals surface area contributed by atoms with Crippen molar-refractivity contribution in [1.82, 2.24) is 25.1 Å². The van der Waals surface area contributed by atoms with Crippen molar-refractivity contribution in [2.45, 2.75) is 19.1 Å². The van der Waals surface area contributed by atoms with Gasteiger partial charge in [0.1, 0.15) is 23.1 Å². The molecule has 4 aromatic rings. The third-order valence-electron chi connectivity index (χ3n) is 5.55. The molecule has 0 saturated carbocycles. The SMILES string of the molecule is COc1ccc(CN(C=O)C[C@H](NC(=O)N(C=O)Cc2cccnc2)c2cc3cnccc3o2)cc1. The minimum Gasteiger partial charge on any atom is -0.497 e. The summed E-state index contributed by atoms with van der Waals surface area (Å²) in [7, 11) is 1.58. The number of methoxy groups -OCH3 is 1. The van der Waals surface area contributed by atoms with Crippen molar-refractivity contribution in [1.29, 1.82) is 0 Å². The van der Waals surface area contributed by atoms with E-state index in [0.717, 1.165) is 15.8 Å². The highest BCUT2D eigenvalue weighted by atomic mass is 16.5. The number of carbonyl (C=O) groups is 3. The summed E-state index contributed by atoms with van der Waals surface area (Å²) in [6.45, 7) is 0.450. The Hall–Kier alpha value is -4.73. The quantitative estimate of drug-likeness (QED) is 0.323. The molecule has 1 N–H and O–H groups in total. The minimum absolute atomic E-state index is 0.0448. The number of amides is 4. The van der Waals surface area contributed by atoms with Gasteiger partial charge < -0.3 is 19.4 Å². The number of hydrogen-bond donors (Lipinski definition) is 1. The molecule has 0 aliphatic carbocycles. The number of ether oxygens (including phenoxy) is 1. The molecule has 0 bridgehead atoms. The molecule has 4 amide bonds. The maximum absolute atomic E-state index is 13.1. The number of nitrogens with zero attached hydrogens (tertiary/aromatic N) is 4. The van der Waals surface area contributed by atoms with E-state index in [9.17, 15) is 14.4 Å². The van der Waals surface area contributed by atoms with Crippen molar-refractivity contribution in [3.05, 3.63) is 90.2 Å². The molecule has 10 nitrogen and oxygen atoms in total. The van der Waals surface area contributed by atoms with Crippen LogP contribution in [0.2, 0.25) is 0 Å². The maximum Gasteiger partial charge on any atom is 0.324 e. The van der Waals surface area contributed by atoms with Crippen molar-refractivity contribution < 1.29 is 23.5 Å². The first-order valence-corrected chi connectivity index (χ1v) is 11.2. The van der Waals surface area contributed by atoms with Gasteiger partial charge in [-0.1, -0.05) is 18.2 Å². The Morgan fingerprint density at radius 3 is 2.50 bits per heavy atom. The van der Waals surface area contributed by atoms with E-state index in [1.165, 1.54) is 4.90 Å². The van der Waals surface area contributed by atoms with E-state index in [-0.39, 0.29) is 13.1 Å². The molecule has 1 atom stereocenters. The van der Waals surface area contributed by atoms with E-state index >= 15 is 0 Å². The van der Waals surface area contributed by atoms with Gasteiger partial charge in [0.2, 0.25) is 12.8 Å². The molecule has 3 aromatic heterocycles. The molecule has 184 valence electrons. The Morgan fingerprint density at radius 2 is 1.83 bits per heavy atom. The molecule has 3 heterocycles. The Morgan fingerprint density at radius 1 is 1.03 bits per heavy atom. The van der Waals surface area contributed by atoms with E-state index in [2.05, 4.69) is 15.3 Å². The molecule has 1 aromatic carbocycles. The van der Waals surface area contributed by atoms with Gasteiger partial charge in [-0.3, -0.25) is 24.5 Å². The van der Waals surface area contributed by atoms with Gasteiger partial charge in [0.15, 0.2) is 0 Å². The van der Waals surface area contributed by atoms with E-state index in [0.29, 0.717) is 42.0 Å². The molecule has 0 saturated heterocycles. The molecule has 36 heavy (non-hydrogen) atoms. The fourth-order valence-corrected chi connectivity index (χ4v) is 3.71. The summed E-state index contributed by atoms with van der Waals surface area (Å²) < 4.78 is 11.1. The highest BCUT2D eigenvalue weighted by Gasteiger charge is 2.25. The molecular formula is C26H25N5O5. The van der Waals surface area contributed by atoms with Gasteiger partial charge in [0, 0.05) is 43.3 Å². The zero-order chi connectivity index (χ0) is 25.3. The summed E-state index contributed by atoms with van der Waals surface area (Å²) in [5.74, 6) is 1.14. The van der Waals surface area contributed by atoms with Crippen molar-refractivity contribution >= 4 is 29.8 Å². The lowest BCUT2D eigenvalue weighted by molar-refractivity contribution is -0.119. The third kappa shape index (κ3) is 6.03. The van der Waals surface area contributed by atoms with Crippen molar-refractivity contribution in [2.24, 2.45) is 0 Å². The summed E-state index contributed by atoms with van der Waals surface area (Å²) in [5, 5.41) is 3.59. The standard InChI is InChI=1S/C26H25N5O5/c1-35-22-6-4-19(5-7-22)14-30(17-32)16-23(25-11-21-13-28-10-8-24(21)36-25)29-26(34)31(18-33)15-20-3-2-9-27-12-20/h2-13,17-18,23H,14-16H2,1H3,(H,29,34)/t23-/m0/s1. The van der Waals surface area contributed by atoms with Crippen LogP contribution >= 0.6 is 0 Å². The number of urea groups is 1. The molecule has 0 spiro atoms. The van der Waals surface area contributed by atoms with E-state index in [1.807, 2.05) is 24.3 Å². The lowest BCUT2D eigenvalue weighted by atomic mass is 10.1. The molecule has 0 aliphatic heterocycles. The number of fused-ring (bicyclic) bond motifs is 1. The highest BCUT2D eigenvalue weighted by molar-refractivity contribution is 5.85. The minimum atomic E-state index is -0.732. The van der Waals surface area contributed by atoms with Crippen LogP contribution in [0.1, 0.15) is 22.9 Å². The molecule has 0 aliphatic rings. The fourth-order valence-electron chi connectivity index (χ4n) is 3.71. The number of carbonyl (C=O) groups excluding carboxylic acids is 3. The second-order valence-corrected chi connectivity index (χ2v) is 8.04. The number of aromatic nitrogens is 2. The number of rotatable bonds is 11. The normalized spacial score (nSPS) is 11.5. The average molecular weight is 488 g/mol. The first-order chi connectivity index (χ1) is 17.6. The second-order valence-electron chi connectivity index (χ2n) is 8.04. The summed E-state index contributed by atoms with van der Waals surface area (Å²) in [4.78, 5) is 47.4. The van der Waals surface area contributed by atoms with Gasteiger partial charge in [-0.25, -0.2) is 4.79 Å². The maximum atomic E-state index is 13.1. The molecule has 0 radical (unpaired) electrons. The first kappa shape index (κ1) is 24.4. The largest absolute Gasteiger partial charge is 0.497 e. The van der Waals surface area contributed by atoms with Crippen molar-refractivity contribution in [3.63, 3.8) is 0 Å². The lowest BCUT2D eigenvalue weighted by Gasteiger charge is -2.26. The van der Waals surface area contributed by atoms with Crippen molar-refractivity contribution in [2.75, 3.05) is 13.7 Å². The fraction of sp³-hybridized carbons (Fsp3) is 0.192. The topological polar surface area (TPSA) is 118 Å². The predicted molar refractivity (Wildman–Crippen MR) is 131 cm³/mol. The Labute approximate surface area is 207 Å². The van der Waals surface area contributed by atoms with E-state index in [4.69, 9.17) is 9.15 Å². The van der Waals surface area contributed by atoms with Gasteiger partial charge in [0.25, 0.3) is 0 Å². The van der Waals surface area contributed by atoms with Crippen LogP contribution in [0.25, 0.3) is 11.0 Å². The zero-order valence-electron chi connectivity index (χ0n) is 19.6. The van der Waals surface area contributed by atoms with Gasteiger partial charge >= 0.3 is 6.03 Å². The Bertz CT molecular complexity index is 1280. The van der Waals surface area contributed by atoms with Gasteiger partial charge in [-0.05, 0) is 41.5 Å². The number of nitrogens with one attached hydrogen (secondary N) is 1. The molecule has 0 fully saturated rings. The van der Waals surface area contributed by atoms with Gasteiger partial charge in [-0.2, -0.15) is 0 Å². The van der Waals surface area contributed by atoms with E-state index in [1.54, 1.807) is 56.2 Å². The summed E-state index contributed by atoms with van der Waals surface area (Å²) in [6, 6.07) is 12.9. The van der Waals surface area contributed by atoms with Crippen LogP contribution in [-0.4, -0.2) is 52.3 Å². The summed E-state index contributed by atoms with van der Waals surface area (Å²) >= 11 is 0. The number of pyridine rings is 2. The van der Waals surface area contributed by atoms with Gasteiger partial charge in [0.05, 0.1) is 13.7 Å². The smallest absolute Gasteiger partial charge is 0.324 e. The molecular weight excluding hydrogens is 462 g/mol. The molecule has 4 rings (SSSR count). The predicted octanol–water partition coefficient (Wildman–Crippen LogP) is 3.30. The molecule has 10 heteroatoms. The summed E-state index contributed by atoms with van der Waals surface area (Å²) in [5.41, 5.74) is 2.17. The van der Waals surface area contributed by atoms with E-state index < -0.39 is 12.1 Å². The third-order valence-corrected chi connectivity index (χ3v) is 5.55. The van der Waals surface area contributed by atoms with Crippen LogP contribution in [0.3, 0.4) is 0 Å². The number of hydrogen-bond acceptors (Lipinski definition) is 7. The zero-order valence-corrected chi connectivity index (χ0v) is 19.6. The monoisotopic (exact) mass is 487 g/mol. The average Bonchev–Trinajstić information content (AvgIpc) is 3.36. The Balaban J connectivity index is 1.55.